The molecule has 0 bridgehead atoms. The lowest BCUT2D eigenvalue weighted by atomic mass is 10.1. The molecule has 5 nitrogen and oxygen atoms in total. The monoisotopic (exact) mass is 396 g/mol. The molecule has 3 rings (SSSR count). The van der Waals surface area contributed by atoms with E-state index in [0.717, 1.165) is 18.7 Å². The largest absolute Gasteiger partial charge is 0.496 e. The van der Waals surface area contributed by atoms with Crippen molar-refractivity contribution in [3.05, 3.63) is 57.6 Å². The highest BCUT2D eigenvalue weighted by Gasteiger charge is 2.16. The number of ether oxygens (including phenoxy) is 1. The number of benzene rings is 2. The van der Waals surface area contributed by atoms with Crippen LogP contribution in [0.2, 0.25) is 0 Å². The fraction of sp³-hybridized carbons (Fsp3) is 0.250. The van der Waals surface area contributed by atoms with Crippen LogP contribution in [0, 0.1) is 0 Å². The topological polar surface area (TPSA) is 67.4 Å². The minimum atomic E-state index is -3.57. The van der Waals surface area contributed by atoms with Gasteiger partial charge < -0.3 is 10.1 Å². The number of halogens is 1. The lowest BCUT2D eigenvalue weighted by Gasteiger charge is -2.10. The van der Waals surface area contributed by atoms with Crippen LogP contribution in [0.1, 0.15) is 16.7 Å². The maximum absolute atomic E-state index is 12.4. The van der Waals surface area contributed by atoms with Crippen molar-refractivity contribution in [2.75, 3.05) is 7.11 Å². The first-order chi connectivity index (χ1) is 11.0. The van der Waals surface area contributed by atoms with Gasteiger partial charge >= 0.3 is 0 Å². The molecule has 2 aromatic rings. The van der Waals surface area contributed by atoms with Crippen molar-refractivity contribution < 1.29 is 13.2 Å². The third kappa shape index (κ3) is 3.58. The Hall–Kier alpha value is -1.41. The van der Waals surface area contributed by atoms with E-state index >= 15 is 0 Å². The number of hydrogen-bond donors (Lipinski definition) is 2. The first-order valence-electron chi connectivity index (χ1n) is 7.14. The molecule has 23 heavy (non-hydrogen) atoms. The minimum Gasteiger partial charge on any atom is -0.496 e. The molecule has 0 spiro atoms. The molecule has 0 aliphatic carbocycles. The van der Waals surface area contributed by atoms with E-state index in [2.05, 4.69) is 26.0 Å². The predicted molar refractivity (Wildman–Crippen MR) is 91.7 cm³/mol. The Morgan fingerprint density at radius 1 is 1.17 bits per heavy atom. The first-order valence-corrected chi connectivity index (χ1v) is 9.42. The van der Waals surface area contributed by atoms with Gasteiger partial charge in [0.05, 0.1) is 16.5 Å². The van der Waals surface area contributed by atoms with Gasteiger partial charge in [0, 0.05) is 19.6 Å². The highest BCUT2D eigenvalue weighted by Crippen LogP contribution is 2.27. The van der Waals surface area contributed by atoms with Crippen LogP contribution >= 0.6 is 15.9 Å². The number of methoxy groups -OCH3 is 1. The molecule has 122 valence electrons. The molecule has 2 N–H and O–H groups in total. The maximum atomic E-state index is 12.4. The van der Waals surface area contributed by atoms with E-state index in [1.54, 1.807) is 6.07 Å². The second-order valence-electron chi connectivity index (χ2n) is 5.33. The quantitative estimate of drug-likeness (QED) is 0.814. The molecule has 0 amide bonds. The molecule has 1 aliphatic heterocycles. The summed E-state index contributed by atoms with van der Waals surface area (Å²) in [6, 6.07) is 10.7. The summed E-state index contributed by atoms with van der Waals surface area (Å²) < 4.78 is 33.2. The first kappa shape index (κ1) is 16.4. The van der Waals surface area contributed by atoms with Gasteiger partial charge in [0.25, 0.3) is 0 Å². The molecule has 2 aromatic carbocycles. The van der Waals surface area contributed by atoms with Gasteiger partial charge in [0.2, 0.25) is 10.0 Å². The van der Waals surface area contributed by atoms with E-state index in [1.165, 1.54) is 30.4 Å². The number of hydrogen-bond acceptors (Lipinski definition) is 4. The van der Waals surface area contributed by atoms with E-state index in [9.17, 15) is 8.42 Å². The molecule has 0 saturated heterocycles. The average molecular weight is 397 g/mol. The van der Waals surface area contributed by atoms with Crippen LogP contribution in [0.25, 0.3) is 0 Å². The standard InChI is InChI=1S/C16H17BrN2O3S/c1-22-16-5-4-14(7-15(16)17)23(20,21)19-8-11-2-3-12-9-18-10-13(12)6-11/h2-7,18-19H,8-10H2,1H3. The van der Waals surface area contributed by atoms with Crippen LogP contribution < -0.4 is 14.8 Å². The zero-order chi connectivity index (χ0) is 16.4. The van der Waals surface area contributed by atoms with E-state index in [1.807, 2.05) is 18.2 Å². The molecule has 0 aromatic heterocycles. The van der Waals surface area contributed by atoms with Crippen LogP contribution in [0.4, 0.5) is 0 Å². The van der Waals surface area contributed by atoms with Crippen molar-refractivity contribution in [1.29, 1.82) is 0 Å². The van der Waals surface area contributed by atoms with Gasteiger partial charge in [-0.1, -0.05) is 18.2 Å². The number of rotatable bonds is 5. The Morgan fingerprint density at radius 3 is 2.70 bits per heavy atom. The molecule has 0 radical (unpaired) electrons. The number of fused-ring (bicyclic) bond motifs is 1. The predicted octanol–water partition coefficient (Wildman–Crippen LogP) is 2.54. The lowest BCUT2D eigenvalue weighted by molar-refractivity contribution is 0.411. The van der Waals surface area contributed by atoms with Crippen LogP contribution in [-0.4, -0.2) is 15.5 Å². The molecular weight excluding hydrogens is 380 g/mol. The van der Waals surface area contributed by atoms with Gasteiger partial charge in [-0.3, -0.25) is 0 Å². The second kappa shape index (κ2) is 6.60. The summed E-state index contributed by atoms with van der Waals surface area (Å²) in [4.78, 5) is 0.202. The molecule has 0 atom stereocenters. The summed E-state index contributed by atoms with van der Waals surface area (Å²) in [6.45, 7) is 1.97. The van der Waals surface area contributed by atoms with E-state index in [4.69, 9.17) is 4.74 Å². The summed E-state index contributed by atoms with van der Waals surface area (Å²) in [7, 11) is -2.03. The zero-order valence-corrected chi connectivity index (χ0v) is 15.0. The summed E-state index contributed by atoms with van der Waals surface area (Å²) in [5.74, 6) is 0.593. The van der Waals surface area contributed by atoms with Crippen molar-refractivity contribution in [2.45, 2.75) is 24.5 Å². The fourth-order valence-corrected chi connectivity index (χ4v) is 4.27. The fourth-order valence-electron chi connectivity index (χ4n) is 2.53. The second-order valence-corrected chi connectivity index (χ2v) is 7.95. The Bertz CT molecular complexity index is 837. The van der Waals surface area contributed by atoms with Crippen molar-refractivity contribution >= 4 is 26.0 Å². The molecular formula is C16H17BrN2O3S. The number of nitrogens with one attached hydrogen (secondary N) is 2. The highest BCUT2D eigenvalue weighted by atomic mass is 79.9. The van der Waals surface area contributed by atoms with E-state index < -0.39 is 10.0 Å². The number of sulfonamides is 1. The Morgan fingerprint density at radius 2 is 1.96 bits per heavy atom. The van der Waals surface area contributed by atoms with E-state index in [-0.39, 0.29) is 11.4 Å². The van der Waals surface area contributed by atoms with Crippen molar-refractivity contribution in [2.24, 2.45) is 0 Å². The lowest BCUT2D eigenvalue weighted by Crippen LogP contribution is -2.23. The van der Waals surface area contributed by atoms with Gasteiger partial charge in [-0.25, -0.2) is 13.1 Å². The molecule has 1 aliphatic rings. The maximum Gasteiger partial charge on any atom is 0.240 e. The molecule has 1 heterocycles. The van der Waals surface area contributed by atoms with Gasteiger partial charge in [-0.2, -0.15) is 0 Å². The van der Waals surface area contributed by atoms with Gasteiger partial charge in [0.15, 0.2) is 0 Å². The molecule has 0 fully saturated rings. The third-order valence-corrected chi connectivity index (χ3v) is 5.82. The Balaban J connectivity index is 1.75. The Kier molecular flexibility index (Phi) is 4.72. The normalized spacial score (nSPS) is 13.8. The third-order valence-electron chi connectivity index (χ3n) is 3.80. The van der Waals surface area contributed by atoms with E-state index in [0.29, 0.717) is 10.2 Å². The molecule has 0 saturated carbocycles. The zero-order valence-electron chi connectivity index (χ0n) is 12.6. The van der Waals surface area contributed by atoms with Crippen LogP contribution in [0.3, 0.4) is 0 Å². The molecule has 0 unspecified atom stereocenters. The van der Waals surface area contributed by atoms with Crippen molar-refractivity contribution in [1.82, 2.24) is 10.0 Å². The summed E-state index contributed by atoms with van der Waals surface area (Å²) in [5, 5.41) is 3.27. The summed E-state index contributed by atoms with van der Waals surface area (Å²) in [6.07, 6.45) is 0. The van der Waals surface area contributed by atoms with Gasteiger partial charge in [-0.05, 0) is 50.8 Å². The van der Waals surface area contributed by atoms with Crippen LogP contribution in [-0.2, 0) is 29.7 Å². The van der Waals surface area contributed by atoms with Crippen LogP contribution in [0.15, 0.2) is 45.8 Å². The summed E-state index contributed by atoms with van der Waals surface area (Å²) in [5.41, 5.74) is 3.45. The minimum absolute atomic E-state index is 0.202. The van der Waals surface area contributed by atoms with Crippen molar-refractivity contribution in [3.63, 3.8) is 0 Å². The van der Waals surface area contributed by atoms with Gasteiger partial charge in [0.1, 0.15) is 5.75 Å². The molecule has 7 heteroatoms. The van der Waals surface area contributed by atoms with Crippen LogP contribution in [0.5, 0.6) is 5.75 Å². The summed E-state index contributed by atoms with van der Waals surface area (Å²) >= 11 is 3.31. The smallest absolute Gasteiger partial charge is 0.240 e. The Labute approximate surface area is 144 Å². The average Bonchev–Trinajstić information content (AvgIpc) is 3.00. The highest BCUT2D eigenvalue weighted by molar-refractivity contribution is 9.10. The van der Waals surface area contributed by atoms with Gasteiger partial charge in [-0.15, -0.1) is 0 Å². The van der Waals surface area contributed by atoms with Crippen molar-refractivity contribution in [3.8, 4) is 5.75 Å². The SMILES string of the molecule is COc1ccc(S(=O)(=O)NCc2ccc3c(c2)CNC3)cc1Br.